The van der Waals surface area contributed by atoms with Crippen LogP contribution in [0.15, 0.2) is 0 Å². The van der Waals surface area contributed by atoms with Gasteiger partial charge in [0.15, 0.2) is 0 Å². The highest BCUT2D eigenvalue weighted by atomic mass is 15.2. The summed E-state index contributed by atoms with van der Waals surface area (Å²) in [5, 5.41) is 3.38. The summed E-state index contributed by atoms with van der Waals surface area (Å²) in [6.45, 7) is 1.20. The van der Waals surface area contributed by atoms with Gasteiger partial charge in [0.2, 0.25) is 0 Å². The van der Waals surface area contributed by atoms with Gasteiger partial charge >= 0.3 is 0 Å². The second-order valence-corrected chi connectivity index (χ2v) is 2.58. The summed E-state index contributed by atoms with van der Waals surface area (Å²) in [5.74, 6) is 0. The zero-order valence-corrected chi connectivity index (χ0v) is 5.65. The van der Waals surface area contributed by atoms with E-state index in [9.17, 15) is 0 Å². The predicted octanol–water partition coefficient (Wildman–Crippen LogP) is 0.257. The third-order valence-corrected chi connectivity index (χ3v) is 1.66. The van der Waals surface area contributed by atoms with E-state index in [4.69, 9.17) is 0 Å². The van der Waals surface area contributed by atoms with E-state index in [0.29, 0.717) is 6.17 Å². The van der Waals surface area contributed by atoms with Crippen molar-refractivity contribution < 1.29 is 0 Å². The Hall–Kier alpha value is -0.0800. The van der Waals surface area contributed by atoms with Crippen LogP contribution in [0.4, 0.5) is 0 Å². The highest BCUT2D eigenvalue weighted by Crippen LogP contribution is 2.05. The molecule has 1 aliphatic heterocycles. The lowest BCUT2D eigenvalue weighted by Crippen LogP contribution is -2.35. The number of hydrogen-bond acceptors (Lipinski definition) is 2. The molecule has 1 heterocycles. The molecule has 0 aromatic rings. The number of hydrogen-bond donors (Lipinski definition) is 1. The van der Waals surface area contributed by atoms with Crippen LogP contribution in [-0.4, -0.2) is 31.7 Å². The van der Waals surface area contributed by atoms with Crippen LogP contribution in [0.1, 0.15) is 12.8 Å². The highest BCUT2D eigenvalue weighted by Gasteiger charge is 2.14. The Morgan fingerprint density at radius 2 is 2.25 bits per heavy atom. The second kappa shape index (κ2) is 2.46. The Labute approximate surface area is 50.9 Å². The minimum Gasteiger partial charge on any atom is -0.302 e. The summed E-state index contributed by atoms with van der Waals surface area (Å²) in [6.07, 6.45) is 3.30. The lowest BCUT2D eigenvalue weighted by atomic mass is 10.3. The van der Waals surface area contributed by atoms with Gasteiger partial charge in [-0.25, -0.2) is 0 Å². The summed E-state index contributed by atoms with van der Waals surface area (Å²) >= 11 is 0. The lowest BCUT2D eigenvalue weighted by Gasteiger charge is -2.17. The SMILES string of the molecule is CN(C)[C@@H]1CCCN1. The van der Waals surface area contributed by atoms with Crippen molar-refractivity contribution in [2.45, 2.75) is 19.0 Å². The van der Waals surface area contributed by atoms with Crippen molar-refractivity contribution in [3.8, 4) is 0 Å². The molecule has 0 aromatic heterocycles. The Morgan fingerprint density at radius 3 is 2.50 bits per heavy atom. The zero-order valence-electron chi connectivity index (χ0n) is 5.65. The molecule has 1 aliphatic rings. The summed E-state index contributed by atoms with van der Waals surface area (Å²) in [5.41, 5.74) is 0. The minimum absolute atomic E-state index is 0.648. The molecule has 48 valence electrons. The molecular weight excluding hydrogens is 100 g/mol. The monoisotopic (exact) mass is 114 g/mol. The van der Waals surface area contributed by atoms with Gasteiger partial charge in [-0.15, -0.1) is 0 Å². The van der Waals surface area contributed by atoms with Gasteiger partial charge < -0.3 is 5.32 Å². The van der Waals surface area contributed by atoms with Gasteiger partial charge in [0.25, 0.3) is 0 Å². The van der Waals surface area contributed by atoms with Crippen molar-refractivity contribution in [1.82, 2.24) is 10.2 Å². The van der Waals surface area contributed by atoms with Crippen molar-refractivity contribution in [3.05, 3.63) is 0 Å². The first-order chi connectivity index (χ1) is 3.80. The maximum atomic E-state index is 3.38. The lowest BCUT2D eigenvalue weighted by molar-refractivity contribution is 0.274. The van der Waals surface area contributed by atoms with Crippen molar-refractivity contribution >= 4 is 0 Å². The van der Waals surface area contributed by atoms with Crippen LogP contribution in [0.25, 0.3) is 0 Å². The highest BCUT2D eigenvalue weighted by molar-refractivity contribution is 4.70. The van der Waals surface area contributed by atoms with E-state index >= 15 is 0 Å². The van der Waals surface area contributed by atoms with Crippen LogP contribution in [0.5, 0.6) is 0 Å². The molecule has 0 bridgehead atoms. The first kappa shape index (κ1) is 6.05. The largest absolute Gasteiger partial charge is 0.302 e. The third-order valence-electron chi connectivity index (χ3n) is 1.66. The molecule has 0 saturated carbocycles. The van der Waals surface area contributed by atoms with Gasteiger partial charge in [0, 0.05) is 0 Å². The third kappa shape index (κ3) is 1.20. The normalized spacial score (nSPS) is 29.6. The van der Waals surface area contributed by atoms with Crippen molar-refractivity contribution in [3.63, 3.8) is 0 Å². The fourth-order valence-corrected chi connectivity index (χ4v) is 1.11. The Balaban J connectivity index is 2.24. The Kier molecular flexibility index (Phi) is 1.86. The molecule has 0 aliphatic carbocycles. The minimum atomic E-state index is 0.648. The summed E-state index contributed by atoms with van der Waals surface area (Å²) < 4.78 is 0. The summed E-state index contributed by atoms with van der Waals surface area (Å²) in [4.78, 5) is 2.23. The Morgan fingerprint density at radius 1 is 1.50 bits per heavy atom. The van der Waals surface area contributed by atoms with Crippen molar-refractivity contribution in [2.75, 3.05) is 20.6 Å². The first-order valence-electron chi connectivity index (χ1n) is 3.20. The fraction of sp³-hybridized carbons (Fsp3) is 1.00. The van der Waals surface area contributed by atoms with Crippen LogP contribution < -0.4 is 5.32 Å². The van der Waals surface area contributed by atoms with Crippen LogP contribution in [-0.2, 0) is 0 Å². The molecule has 1 N–H and O–H groups in total. The maximum absolute atomic E-state index is 3.38. The van der Waals surface area contributed by atoms with E-state index in [1.54, 1.807) is 0 Å². The van der Waals surface area contributed by atoms with Crippen LogP contribution in [0, 0.1) is 0 Å². The fourth-order valence-electron chi connectivity index (χ4n) is 1.11. The summed E-state index contributed by atoms with van der Waals surface area (Å²) in [6, 6.07) is 0. The van der Waals surface area contributed by atoms with Gasteiger partial charge in [0.05, 0.1) is 6.17 Å². The van der Waals surface area contributed by atoms with Gasteiger partial charge in [-0.2, -0.15) is 0 Å². The van der Waals surface area contributed by atoms with E-state index in [-0.39, 0.29) is 0 Å². The van der Waals surface area contributed by atoms with E-state index in [2.05, 4.69) is 24.3 Å². The molecule has 1 fully saturated rings. The van der Waals surface area contributed by atoms with Crippen LogP contribution in [0.2, 0.25) is 0 Å². The van der Waals surface area contributed by atoms with E-state index in [1.165, 1.54) is 19.4 Å². The van der Waals surface area contributed by atoms with Gasteiger partial charge in [-0.05, 0) is 33.5 Å². The van der Waals surface area contributed by atoms with E-state index in [0.717, 1.165) is 0 Å². The predicted molar refractivity (Wildman–Crippen MR) is 34.7 cm³/mol. The molecular formula is C6H14N2. The standard InChI is InChI=1S/C6H14N2/c1-8(2)6-4-3-5-7-6/h6-7H,3-5H2,1-2H3/t6-/m1/s1. The smallest absolute Gasteiger partial charge is 0.0592 e. The zero-order chi connectivity index (χ0) is 5.98. The molecule has 8 heavy (non-hydrogen) atoms. The van der Waals surface area contributed by atoms with Crippen molar-refractivity contribution in [2.24, 2.45) is 0 Å². The Bertz CT molecular complexity index is 64.9. The summed E-state index contributed by atoms with van der Waals surface area (Å²) in [7, 11) is 4.23. The van der Waals surface area contributed by atoms with E-state index < -0.39 is 0 Å². The molecule has 0 spiro atoms. The average Bonchev–Trinajstić information content (AvgIpc) is 2.12. The number of nitrogens with one attached hydrogen (secondary N) is 1. The first-order valence-corrected chi connectivity index (χ1v) is 3.20. The van der Waals surface area contributed by atoms with Gasteiger partial charge in [0.1, 0.15) is 0 Å². The molecule has 0 amide bonds. The van der Waals surface area contributed by atoms with Crippen LogP contribution in [0.3, 0.4) is 0 Å². The molecule has 0 aromatic carbocycles. The topological polar surface area (TPSA) is 15.3 Å². The van der Waals surface area contributed by atoms with Crippen LogP contribution >= 0.6 is 0 Å². The second-order valence-electron chi connectivity index (χ2n) is 2.58. The quantitative estimate of drug-likeness (QED) is 0.526. The number of nitrogens with zero attached hydrogens (tertiary/aromatic N) is 1. The van der Waals surface area contributed by atoms with Crippen molar-refractivity contribution in [1.29, 1.82) is 0 Å². The molecule has 1 rings (SSSR count). The van der Waals surface area contributed by atoms with E-state index in [1.807, 2.05) is 0 Å². The molecule has 0 radical (unpaired) electrons. The molecule has 1 atom stereocenters. The maximum Gasteiger partial charge on any atom is 0.0592 e. The molecule has 2 nitrogen and oxygen atoms in total. The molecule has 0 unspecified atom stereocenters. The molecule has 1 saturated heterocycles. The number of rotatable bonds is 1. The van der Waals surface area contributed by atoms with Gasteiger partial charge in [-0.3, -0.25) is 4.90 Å². The average molecular weight is 114 g/mol. The van der Waals surface area contributed by atoms with Gasteiger partial charge in [-0.1, -0.05) is 0 Å². The molecule has 2 heteroatoms.